The molecule has 0 unspecified atom stereocenters. The SMILES string of the molecule is CCC(=N)N=C([OH2+])C1CCC(NC)(N(CC)C(=O)C2=C(O)C(=O)C(C(=N)SC(=N)Cc3ccc(F)cc3F)=C[NH2+]2)CC1. The lowest BCUT2D eigenvalue weighted by Crippen LogP contribution is -2.82. The largest absolute Gasteiger partial charge is 0.582 e. The van der Waals surface area contributed by atoms with E-state index in [4.69, 9.17) is 21.3 Å². The van der Waals surface area contributed by atoms with Gasteiger partial charge in [-0.15, -0.1) is 0 Å². The third kappa shape index (κ3) is 7.17. The maximum Gasteiger partial charge on any atom is 0.335 e. The molecule has 9 N–H and O–H groups in total. The number of amides is 1. The van der Waals surface area contributed by atoms with Crippen LogP contribution in [0.15, 0.2) is 46.4 Å². The van der Waals surface area contributed by atoms with Crippen LogP contribution in [0.5, 0.6) is 0 Å². The molecule has 1 aromatic carbocycles. The van der Waals surface area contributed by atoms with Crippen molar-refractivity contribution in [1.29, 1.82) is 16.2 Å². The van der Waals surface area contributed by atoms with Gasteiger partial charge in [-0.3, -0.25) is 36.5 Å². The van der Waals surface area contributed by atoms with E-state index in [9.17, 15) is 23.5 Å². The lowest BCUT2D eigenvalue weighted by Gasteiger charge is -2.46. The number of benzene rings is 1. The van der Waals surface area contributed by atoms with Gasteiger partial charge in [0.15, 0.2) is 0 Å². The molecular weight excluding hydrogens is 568 g/mol. The number of quaternary nitrogens is 1. The summed E-state index contributed by atoms with van der Waals surface area (Å²) in [6.45, 7) is 3.86. The smallest absolute Gasteiger partial charge is 0.335 e. The predicted octanol–water partition coefficient (Wildman–Crippen LogP) is 2.46. The van der Waals surface area contributed by atoms with Crippen LogP contribution in [0.1, 0.15) is 51.5 Å². The van der Waals surface area contributed by atoms with E-state index in [1.165, 1.54) is 17.6 Å². The van der Waals surface area contributed by atoms with E-state index in [-0.39, 0.29) is 57.5 Å². The highest BCUT2D eigenvalue weighted by atomic mass is 32.2. The minimum Gasteiger partial charge on any atom is -0.582 e. The molecule has 0 radical (unpaired) electrons. The number of amidine groups is 1. The number of allylic oxidation sites excluding steroid dienone is 1. The number of carbonyl (C=O) groups is 2. The summed E-state index contributed by atoms with van der Waals surface area (Å²) < 4.78 is 27.1. The Balaban J connectivity index is 1.70. The zero-order chi connectivity index (χ0) is 31.2. The molecule has 0 bridgehead atoms. The third-order valence-electron chi connectivity index (χ3n) is 7.53. The van der Waals surface area contributed by atoms with Gasteiger partial charge in [0.2, 0.25) is 17.2 Å². The number of Topliss-reactive ketones (excluding diaryl/α,β-unsaturated/α-hetero) is 1. The van der Waals surface area contributed by atoms with Crippen molar-refractivity contribution in [2.24, 2.45) is 10.9 Å². The van der Waals surface area contributed by atoms with E-state index in [1.54, 1.807) is 25.8 Å². The summed E-state index contributed by atoms with van der Waals surface area (Å²) in [7, 11) is 1.73. The summed E-state index contributed by atoms with van der Waals surface area (Å²) in [6, 6.07) is 2.97. The lowest BCUT2D eigenvalue weighted by molar-refractivity contribution is -0.532. The molecule has 0 saturated heterocycles. The first-order valence-corrected chi connectivity index (χ1v) is 14.4. The number of nitrogens with zero attached hydrogens (tertiary/aromatic N) is 2. The molecule has 1 saturated carbocycles. The van der Waals surface area contributed by atoms with Crippen molar-refractivity contribution >= 4 is 45.3 Å². The Morgan fingerprint density at radius 3 is 2.50 bits per heavy atom. The van der Waals surface area contributed by atoms with Crippen molar-refractivity contribution < 1.29 is 33.9 Å². The molecule has 1 heterocycles. The average molecular weight is 606 g/mol. The number of thioether (sulfide) groups is 1. The summed E-state index contributed by atoms with van der Waals surface area (Å²) in [4.78, 5) is 32.3. The first-order chi connectivity index (χ1) is 19.9. The number of halogens is 2. The molecule has 42 heavy (non-hydrogen) atoms. The number of carbonyl (C=O) groups excluding carboxylic acids is 2. The van der Waals surface area contributed by atoms with E-state index in [0.29, 0.717) is 49.9 Å². The number of hydrogen-bond acceptors (Lipinski definition) is 8. The van der Waals surface area contributed by atoms with Gasteiger partial charge in [0.1, 0.15) is 34.3 Å². The number of aliphatic hydroxyl groups is 1. The van der Waals surface area contributed by atoms with Gasteiger partial charge in [-0.2, -0.15) is 4.99 Å². The first kappa shape index (κ1) is 32.8. The van der Waals surface area contributed by atoms with Crippen LogP contribution in [0.25, 0.3) is 0 Å². The Kier molecular flexibility index (Phi) is 10.9. The Bertz CT molecular complexity index is 1380. The molecule has 14 heteroatoms. The molecule has 1 aromatic rings. The topological polar surface area (TPSA) is 193 Å². The van der Waals surface area contributed by atoms with Gasteiger partial charge < -0.3 is 15.1 Å². The van der Waals surface area contributed by atoms with Crippen LogP contribution in [0, 0.1) is 33.8 Å². The van der Waals surface area contributed by atoms with Crippen molar-refractivity contribution in [3.05, 3.63) is 58.6 Å². The molecule has 0 aromatic heterocycles. The Morgan fingerprint density at radius 2 is 1.93 bits per heavy atom. The van der Waals surface area contributed by atoms with E-state index in [0.717, 1.165) is 6.07 Å². The maximum atomic E-state index is 14.0. The van der Waals surface area contributed by atoms with Gasteiger partial charge in [-0.1, -0.05) is 24.8 Å². The van der Waals surface area contributed by atoms with E-state index < -0.39 is 34.7 Å². The number of rotatable bonds is 9. The normalized spacial score (nSPS) is 21.2. The quantitative estimate of drug-likeness (QED) is 0.109. The molecule has 3 rings (SSSR count). The van der Waals surface area contributed by atoms with Crippen LogP contribution in [0.3, 0.4) is 0 Å². The number of nitrogens with two attached hydrogens (primary N) is 1. The Hall–Kier alpha value is -3.75. The molecule has 1 amide bonds. The fourth-order valence-electron chi connectivity index (χ4n) is 5.10. The van der Waals surface area contributed by atoms with Gasteiger partial charge in [-0.25, -0.2) is 8.78 Å². The van der Waals surface area contributed by atoms with E-state index >= 15 is 0 Å². The average Bonchev–Trinajstić information content (AvgIpc) is 2.96. The number of likely N-dealkylation sites (N-methyl/N-ethyl adjacent to an activating group) is 1. The number of ketones is 1. The van der Waals surface area contributed by atoms with Crippen LogP contribution >= 0.6 is 11.8 Å². The van der Waals surface area contributed by atoms with Crippen LogP contribution in [-0.4, -0.2) is 67.9 Å². The van der Waals surface area contributed by atoms with Crippen molar-refractivity contribution in [2.45, 2.75) is 58.0 Å². The zero-order valence-corrected chi connectivity index (χ0v) is 24.6. The van der Waals surface area contributed by atoms with Crippen LogP contribution in [0.2, 0.25) is 0 Å². The van der Waals surface area contributed by atoms with Gasteiger partial charge in [0.25, 0.3) is 0 Å². The van der Waals surface area contributed by atoms with Gasteiger partial charge >= 0.3 is 11.8 Å². The van der Waals surface area contributed by atoms with Gasteiger partial charge in [-0.05, 0) is 51.3 Å². The minimum atomic E-state index is -0.939. The number of aliphatic hydroxyl groups excluding tert-OH is 1. The van der Waals surface area contributed by atoms with Gasteiger partial charge in [0.05, 0.1) is 16.6 Å². The monoisotopic (exact) mass is 605 g/mol. The highest BCUT2D eigenvalue weighted by Gasteiger charge is 2.46. The summed E-state index contributed by atoms with van der Waals surface area (Å²) in [5, 5.41) is 47.2. The van der Waals surface area contributed by atoms with Crippen molar-refractivity contribution in [3.8, 4) is 0 Å². The van der Waals surface area contributed by atoms with Crippen molar-refractivity contribution in [3.63, 3.8) is 0 Å². The second kappa shape index (κ2) is 13.9. The minimum absolute atomic E-state index is 0.0617. The lowest BCUT2D eigenvalue weighted by atomic mass is 9.80. The number of aliphatic imine (C=N–C) groups is 1. The summed E-state index contributed by atoms with van der Waals surface area (Å²) in [6.07, 6.45) is 3.57. The van der Waals surface area contributed by atoms with Crippen molar-refractivity contribution in [2.75, 3.05) is 13.6 Å². The second-order valence-corrected chi connectivity index (χ2v) is 11.1. The maximum absolute atomic E-state index is 14.0. The molecule has 1 aliphatic heterocycles. The molecule has 11 nitrogen and oxygen atoms in total. The van der Waals surface area contributed by atoms with Crippen molar-refractivity contribution in [1.82, 2.24) is 10.2 Å². The summed E-state index contributed by atoms with van der Waals surface area (Å²) >= 11 is 0.593. The van der Waals surface area contributed by atoms with Crippen LogP contribution in [0.4, 0.5) is 8.78 Å². The van der Waals surface area contributed by atoms with E-state index in [2.05, 4.69) is 10.3 Å². The first-order valence-electron chi connectivity index (χ1n) is 13.6. The molecule has 0 spiro atoms. The molecule has 1 aliphatic carbocycles. The summed E-state index contributed by atoms with van der Waals surface area (Å²) in [5.41, 5.74) is -1.16. The Labute approximate surface area is 246 Å². The molecular formula is C28H37F2N7O4S+2. The Morgan fingerprint density at radius 1 is 1.26 bits per heavy atom. The molecule has 226 valence electrons. The highest BCUT2D eigenvalue weighted by molar-refractivity contribution is 8.26. The van der Waals surface area contributed by atoms with E-state index in [1.807, 2.05) is 0 Å². The zero-order valence-electron chi connectivity index (χ0n) is 23.7. The molecule has 2 aliphatic rings. The van der Waals surface area contributed by atoms with Crippen LogP contribution < -0.4 is 10.6 Å². The standard InChI is InChI=1S/C28H35F2N7O4S/c1-4-20(31)36-26(40)15-8-10-28(34-3,11-9-15)37(5-2)27(41)22-24(39)23(38)18(14-35-22)25(33)42-21(32)12-16-6-7-17(29)13-19(16)30/h6-7,13-15,32-34,39H,4-5,8-12H2,1-3H3,(H,35,38)(H2,31,36,40)/p+2. The molecule has 0 atom stereocenters. The number of hydrogen-bond donors (Lipinski definition) is 6. The fraction of sp³-hybridized carbons (Fsp3) is 0.429. The van der Waals surface area contributed by atoms with Crippen LogP contribution in [-0.2, 0) is 16.0 Å². The predicted molar refractivity (Wildman–Crippen MR) is 158 cm³/mol. The molecule has 1 fully saturated rings. The second-order valence-electron chi connectivity index (χ2n) is 10.0. The van der Waals surface area contributed by atoms with Gasteiger partial charge in [0, 0.05) is 25.5 Å². The number of nitrogens with one attached hydrogen (secondary N) is 4. The highest BCUT2D eigenvalue weighted by Crippen LogP contribution is 2.36. The fourth-order valence-corrected chi connectivity index (χ4v) is 5.85. The third-order valence-corrected chi connectivity index (χ3v) is 8.35. The summed E-state index contributed by atoms with van der Waals surface area (Å²) in [5.74, 6) is -3.74.